The first kappa shape index (κ1) is 15.9. The molecule has 0 unspecified atom stereocenters. The fourth-order valence-electron chi connectivity index (χ4n) is 2.21. The number of hydrogen-bond donors (Lipinski definition) is 1. The van der Waals surface area contributed by atoms with E-state index in [1.54, 1.807) is 24.3 Å². The number of hydrogen-bond acceptors (Lipinski definition) is 5. The molecule has 1 aromatic carbocycles. The summed E-state index contributed by atoms with van der Waals surface area (Å²) in [6.45, 7) is 0. The lowest BCUT2D eigenvalue weighted by Crippen LogP contribution is -2.12. The molecular formula is C16H10BrN3O4. The summed E-state index contributed by atoms with van der Waals surface area (Å²) in [5.41, 5.74) is 6.88. The Morgan fingerprint density at radius 1 is 1.25 bits per heavy atom. The van der Waals surface area contributed by atoms with Crippen LogP contribution in [-0.2, 0) is 0 Å². The molecule has 120 valence electrons. The van der Waals surface area contributed by atoms with E-state index in [2.05, 4.69) is 20.9 Å². The molecule has 0 radical (unpaired) electrons. The number of primary amides is 1. The summed E-state index contributed by atoms with van der Waals surface area (Å²) >= 11 is 3.35. The Balaban J connectivity index is 2.02. The molecule has 3 aromatic rings. The number of halogens is 1. The smallest absolute Gasteiger partial charge is 0.401 e. The molecule has 3 rings (SSSR count). The standard InChI is InChI=1S/C16H10BrN3O4/c17-9-1-5-14-12(7-9)13(16(18)21)8-10(19-14)2-3-11-4-6-15(24-11)20(22)23/h1-8H,(H2,18,21). The van der Waals surface area contributed by atoms with Crippen molar-refractivity contribution in [2.45, 2.75) is 0 Å². The maximum absolute atomic E-state index is 11.7. The van der Waals surface area contributed by atoms with Gasteiger partial charge in [-0.3, -0.25) is 14.9 Å². The van der Waals surface area contributed by atoms with Crippen molar-refractivity contribution in [2.24, 2.45) is 5.73 Å². The second kappa shape index (κ2) is 6.25. The van der Waals surface area contributed by atoms with Crippen LogP contribution in [0.3, 0.4) is 0 Å². The predicted octanol–water partition coefficient (Wildman–Crippen LogP) is 3.77. The highest BCUT2D eigenvalue weighted by Crippen LogP contribution is 2.24. The Hall–Kier alpha value is -3.00. The van der Waals surface area contributed by atoms with Gasteiger partial charge in [0.2, 0.25) is 5.91 Å². The van der Waals surface area contributed by atoms with Crippen LogP contribution >= 0.6 is 15.9 Å². The molecule has 8 heteroatoms. The zero-order chi connectivity index (χ0) is 17.3. The Morgan fingerprint density at radius 2 is 2.04 bits per heavy atom. The van der Waals surface area contributed by atoms with Crippen molar-refractivity contribution in [3.05, 3.63) is 68.0 Å². The molecule has 0 fully saturated rings. The van der Waals surface area contributed by atoms with Crippen LogP contribution in [0.1, 0.15) is 21.8 Å². The van der Waals surface area contributed by atoms with Crippen LogP contribution in [0.4, 0.5) is 5.88 Å². The maximum atomic E-state index is 11.7. The highest BCUT2D eigenvalue weighted by atomic mass is 79.9. The quantitative estimate of drug-likeness (QED) is 0.540. The summed E-state index contributed by atoms with van der Waals surface area (Å²) in [6, 6.07) is 9.64. The van der Waals surface area contributed by atoms with Gasteiger partial charge in [-0.05, 0) is 42.5 Å². The van der Waals surface area contributed by atoms with Crippen molar-refractivity contribution in [1.82, 2.24) is 4.98 Å². The van der Waals surface area contributed by atoms with E-state index < -0.39 is 10.8 Å². The number of nitrogens with two attached hydrogens (primary N) is 1. The number of fused-ring (bicyclic) bond motifs is 1. The average molecular weight is 388 g/mol. The summed E-state index contributed by atoms with van der Waals surface area (Å²) in [4.78, 5) is 26.1. The highest BCUT2D eigenvalue weighted by molar-refractivity contribution is 9.10. The topological polar surface area (TPSA) is 112 Å². The number of nitro groups is 1. The van der Waals surface area contributed by atoms with Crippen molar-refractivity contribution in [1.29, 1.82) is 0 Å². The van der Waals surface area contributed by atoms with E-state index in [9.17, 15) is 14.9 Å². The number of benzene rings is 1. The zero-order valence-electron chi connectivity index (χ0n) is 12.1. The van der Waals surface area contributed by atoms with E-state index in [1.165, 1.54) is 18.2 Å². The molecular weight excluding hydrogens is 378 g/mol. The van der Waals surface area contributed by atoms with Crippen LogP contribution in [-0.4, -0.2) is 15.8 Å². The molecule has 0 spiro atoms. The average Bonchev–Trinajstić information content (AvgIpc) is 3.01. The van der Waals surface area contributed by atoms with Gasteiger partial charge in [-0.2, -0.15) is 0 Å². The second-order valence-corrected chi connectivity index (χ2v) is 5.80. The van der Waals surface area contributed by atoms with Crippen molar-refractivity contribution < 1.29 is 14.1 Å². The number of furan rings is 1. The lowest BCUT2D eigenvalue weighted by atomic mass is 10.1. The van der Waals surface area contributed by atoms with Gasteiger partial charge in [0.25, 0.3) is 0 Å². The molecule has 7 nitrogen and oxygen atoms in total. The summed E-state index contributed by atoms with van der Waals surface area (Å²) in [5.74, 6) is -0.604. The van der Waals surface area contributed by atoms with Gasteiger partial charge in [0, 0.05) is 9.86 Å². The number of nitrogens with zero attached hydrogens (tertiary/aromatic N) is 2. The van der Waals surface area contributed by atoms with Crippen LogP contribution in [0.2, 0.25) is 0 Å². The molecule has 0 aliphatic carbocycles. The fourth-order valence-corrected chi connectivity index (χ4v) is 2.57. The third-order valence-electron chi connectivity index (χ3n) is 3.27. The number of carbonyl (C=O) groups is 1. The van der Waals surface area contributed by atoms with E-state index in [0.717, 1.165) is 4.47 Å². The summed E-state index contributed by atoms with van der Waals surface area (Å²) in [5, 5.41) is 11.2. The molecule has 24 heavy (non-hydrogen) atoms. The minimum Gasteiger partial charge on any atom is -0.401 e. The minimum absolute atomic E-state index is 0.306. The Morgan fingerprint density at radius 3 is 2.71 bits per heavy atom. The number of rotatable bonds is 4. The first-order valence-corrected chi connectivity index (χ1v) is 7.56. The van der Waals surface area contributed by atoms with Crippen molar-refractivity contribution in [3.8, 4) is 0 Å². The molecule has 0 atom stereocenters. The number of pyridine rings is 1. The first-order chi connectivity index (χ1) is 11.4. The third kappa shape index (κ3) is 3.18. The van der Waals surface area contributed by atoms with Crippen LogP contribution in [0.25, 0.3) is 23.1 Å². The normalized spacial score (nSPS) is 11.2. The van der Waals surface area contributed by atoms with Gasteiger partial charge in [0.05, 0.1) is 22.8 Å². The van der Waals surface area contributed by atoms with Gasteiger partial charge in [-0.25, -0.2) is 4.98 Å². The SMILES string of the molecule is NC(=O)c1cc(C=Cc2ccc([N+](=O)[O-])o2)nc2ccc(Br)cc12. The summed E-state index contributed by atoms with van der Waals surface area (Å²) in [7, 11) is 0. The Labute approximate surface area is 144 Å². The highest BCUT2D eigenvalue weighted by Gasteiger charge is 2.11. The lowest BCUT2D eigenvalue weighted by molar-refractivity contribution is -0.402. The molecule has 2 heterocycles. The van der Waals surface area contributed by atoms with Crippen LogP contribution in [0.5, 0.6) is 0 Å². The third-order valence-corrected chi connectivity index (χ3v) is 3.76. The van der Waals surface area contributed by atoms with Gasteiger partial charge in [-0.15, -0.1) is 0 Å². The Bertz CT molecular complexity index is 994. The molecule has 0 aliphatic heterocycles. The van der Waals surface area contributed by atoms with Gasteiger partial charge < -0.3 is 10.2 Å². The van der Waals surface area contributed by atoms with Crippen molar-refractivity contribution in [3.63, 3.8) is 0 Å². The molecule has 0 aliphatic rings. The van der Waals surface area contributed by atoms with E-state index in [0.29, 0.717) is 27.9 Å². The van der Waals surface area contributed by atoms with Crippen LogP contribution in [0.15, 0.2) is 45.3 Å². The maximum Gasteiger partial charge on any atom is 0.433 e. The van der Waals surface area contributed by atoms with Gasteiger partial charge >= 0.3 is 5.88 Å². The molecule has 2 N–H and O–H groups in total. The van der Waals surface area contributed by atoms with Gasteiger partial charge in [-0.1, -0.05) is 15.9 Å². The van der Waals surface area contributed by atoms with Crippen LogP contribution < -0.4 is 5.73 Å². The predicted molar refractivity (Wildman–Crippen MR) is 92.3 cm³/mol. The van der Waals surface area contributed by atoms with Crippen molar-refractivity contribution >= 4 is 50.8 Å². The zero-order valence-corrected chi connectivity index (χ0v) is 13.7. The number of aromatic nitrogens is 1. The number of amides is 1. The first-order valence-electron chi connectivity index (χ1n) is 6.76. The Kier molecular flexibility index (Phi) is 4.13. The van der Waals surface area contributed by atoms with E-state index >= 15 is 0 Å². The van der Waals surface area contributed by atoms with Gasteiger partial charge in [0.1, 0.15) is 10.7 Å². The summed E-state index contributed by atoms with van der Waals surface area (Å²) < 4.78 is 5.85. The fraction of sp³-hybridized carbons (Fsp3) is 0. The van der Waals surface area contributed by atoms with Crippen LogP contribution in [0, 0.1) is 10.1 Å². The second-order valence-electron chi connectivity index (χ2n) is 4.89. The van der Waals surface area contributed by atoms with Crippen molar-refractivity contribution in [2.75, 3.05) is 0 Å². The number of carbonyl (C=O) groups excluding carboxylic acids is 1. The molecule has 2 aromatic heterocycles. The summed E-state index contributed by atoms with van der Waals surface area (Å²) in [6.07, 6.45) is 3.13. The largest absolute Gasteiger partial charge is 0.433 e. The molecule has 0 saturated heterocycles. The minimum atomic E-state index is -0.616. The molecule has 1 amide bonds. The molecule has 0 saturated carbocycles. The lowest BCUT2D eigenvalue weighted by Gasteiger charge is -2.05. The molecule has 0 bridgehead atoms. The van der Waals surface area contributed by atoms with E-state index in [-0.39, 0.29) is 5.88 Å². The van der Waals surface area contributed by atoms with Gasteiger partial charge in [0.15, 0.2) is 0 Å². The monoisotopic (exact) mass is 387 g/mol. The van der Waals surface area contributed by atoms with E-state index in [4.69, 9.17) is 10.2 Å². The van der Waals surface area contributed by atoms with E-state index in [1.807, 2.05) is 6.07 Å².